The molecule has 0 bridgehead atoms. The third-order valence-corrected chi connectivity index (χ3v) is 10.3. The first-order chi connectivity index (χ1) is 18.8. The molecule has 0 heteroatoms. The second-order valence-electron chi connectivity index (χ2n) is 13.0. The summed E-state index contributed by atoms with van der Waals surface area (Å²) in [5.41, 5.74) is 12.8. The van der Waals surface area contributed by atoms with Gasteiger partial charge >= 0.3 is 0 Å². The number of aryl methyl sites for hydroxylation is 1. The van der Waals surface area contributed by atoms with Crippen LogP contribution in [0.25, 0.3) is 65.3 Å². The van der Waals surface area contributed by atoms with Crippen molar-refractivity contribution in [3.63, 3.8) is 0 Å². The SMILES string of the molecule is Cc1cccc2ccc3c(c12)-c1cc2c(cc1C3(C)C)-c1c(cc3ccc4cccc5ccc1c3c45)C2(C)C. The predicted octanol–water partition coefficient (Wildman–Crippen LogP) is 10.7. The van der Waals surface area contributed by atoms with E-state index in [2.05, 4.69) is 126 Å². The quantitative estimate of drug-likeness (QED) is 0.182. The minimum absolute atomic E-state index is 0.0488. The summed E-state index contributed by atoms with van der Waals surface area (Å²) in [4.78, 5) is 0. The van der Waals surface area contributed by atoms with E-state index in [0.717, 1.165) is 0 Å². The predicted molar refractivity (Wildman–Crippen MR) is 168 cm³/mol. The van der Waals surface area contributed by atoms with Gasteiger partial charge in [0.05, 0.1) is 0 Å². The first kappa shape index (κ1) is 21.7. The highest BCUT2D eigenvalue weighted by Gasteiger charge is 2.43. The van der Waals surface area contributed by atoms with Gasteiger partial charge in [-0.3, -0.25) is 0 Å². The molecule has 0 aromatic heterocycles. The molecular weight excluding hydrogens is 468 g/mol. The number of rotatable bonds is 0. The van der Waals surface area contributed by atoms with E-state index in [1.54, 1.807) is 0 Å². The molecule has 2 aliphatic rings. The third-order valence-electron chi connectivity index (χ3n) is 10.3. The average molecular weight is 499 g/mol. The Morgan fingerprint density at radius 1 is 0.436 bits per heavy atom. The second kappa shape index (κ2) is 6.69. The lowest BCUT2D eigenvalue weighted by atomic mass is 9.79. The minimum Gasteiger partial charge on any atom is -0.0614 e. The Balaban J connectivity index is 1.43. The van der Waals surface area contributed by atoms with Crippen molar-refractivity contribution in [1.82, 2.24) is 0 Å². The highest BCUT2D eigenvalue weighted by Crippen LogP contribution is 2.59. The second-order valence-corrected chi connectivity index (χ2v) is 13.0. The average Bonchev–Trinajstić information content (AvgIpc) is 3.29. The van der Waals surface area contributed by atoms with Crippen LogP contribution in [0, 0.1) is 6.92 Å². The van der Waals surface area contributed by atoms with Gasteiger partial charge in [-0.05, 0) is 118 Å². The lowest BCUT2D eigenvalue weighted by Crippen LogP contribution is -2.17. The van der Waals surface area contributed by atoms with Crippen LogP contribution in [0.1, 0.15) is 55.5 Å². The maximum absolute atomic E-state index is 2.57. The molecule has 0 aliphatic heterocycles. The van der Waals surface area contributed by atoms with Crippen LogP contribution in [0.15, 0.2) is 91.0 Å². The van der Waals surface area contributed by atoms with Crippen LogP contribution in [-0.4, -0.2) is 0 Å². The van der Waals surface area contributed by atoms with Gasteiger partial charge in [-0.1, -0.05) is 100 Å². The molecule has 0 spiro atoms. The molecule has 0 N–H and O–H groups in total. The van der Waals surface area contributed by atoms with E-state index in [9.17, 15) is 0 Å². The largest absolute Gasteiger partial charge is 0.0614 e. The molecule has 0 unspecified atom stereocenters. The minimum atomic E-state index is -0.0727. The molecule has 7 aromatic rings. The number of fused-ring (bicyclic) bond motifs is 9. The lowest BCUT2D eigenvalue weighted by molar-refractivity contribution is 0.652. The van der Waals surface area contributed by atoms with Crippen LogP contribution in [0.3, 0.4) is 0 Å². The number of benzene rings is 7. The van der Waals surface area contributed by atoms with E-state index >= 15 is 0 Å². The van der Waals surface area contributed by atoms with Gasteiger partial charge < -0.3 is 0 Å². The van der Waals surface area contributed by atoms with Crippen LogP contribution < -0.4 is 0 Å². The van der Waals surface area contributed by atoms with E-state index in [4.69, 9.17) is 0 Å². The normalized spacial score (nSPS) is 16.2. The molecule has 2 aliphatic carbocycles. The smallest absolute Gasteiger partial charge is 0.0159 e. The monoisotopic (exact) mass is 498 g/mol. The Morgan fingerprint density at radius 3 is 1.74 bits per heavy atom. The zero-order valence-electron chi connectivity index (χ0n) is 23.2. The van der Waals surface area contributed by atoms with Crippen molar-refractivity contribution in [3.8, 4) is 22.3 Å². The molecule has 0 atom stereocenters. The van der Waals surface area contributed by atoms with Gasteiger partial charge in [0.25, 0.3) is 0 Å². The Kier molecular flexibility index (Phi) is 3.73. The van der Waals surface area contributed by atoms with Crippen molar-refractivity contribution < 1.29 is 0 Å². The Hall–Kier alpha value is -4.16. The van der Waals surface area contributed by atoms with Crippen molar-refractivity contribution in [2.75, 3.05) is 0 Å². The van der Waals surface area contributed by atoms with Crippen molar-refractivity contribution >= 4 is 43.1 Å². The van der Waals surface area contributed by atoms with E-state index < -0.39 is 0 Å². The van der Waals surface area contributed by atoms with Crippen LogP contribution in [0.2, 0.25) is 0 Å². The van der Waals surface area contributed by atoms with Gasteiger partial charge in [0.2, 0.25) is 0 Å². The maximum Gasteiger partial charge on any atom is 0.0159 e. The molecule has 0 saturated carbocycles. The summed E-state index contributed by atoms with van der Waals surface area (Å²) in [6.45, 7) is 12.0. The Bertz CT molecular complexity index is 2200. The van der Waals surface area contributed by atoms with Crippen LogP contribution in [0.4, 0.5) is 0 Å². The molecule has 39 heavy (non-hydrogen) atoms. The van der Waals surface area contributed by atoms with Crippen LogP contribution in [0.5, 0.6) is 0 Å². The summed E-state index contributed by atoms with van der Waals surface area (Å²) in [6.07, 6.45) is 0. The van der Waals surface area contributed by atoms with Gasteiger partial charge in [-0.25, -0.2) is 0 Å². The first-order valence-corrected chi connectivity index (χ1v) is 14.2. The molecule has 186 valence electrons. The zero-order valence-corrected chi connectivity index (χ0v) is 23.2. The molecule has 0 saturated heterocycles. The van der Waals surface area contributed by atoms with Crippen molar-refractivity contribution in [2.45, 2.75) is 45.4 Å². The maximum atomic E-state index is 2.57. The van der Waals surface area contributed by atoms with E-state index in [-0.39, 0.29) is 10.8 Å². The third kappa shape index (κ3) is 2.43. The first-order valence-electron chi connectivity index (χ1n) is 14.2. The summed E-state index contributed by atoms with van der Waals surface area (Å²) >= 11 is 0. The highest BCUT2D eigenvalue weighted by atomic mass is 14.5. The van der Waals surface area contributed by atoms with Crippen molar-refractivity contribution in [2.24, 2.45) is 0 Å². The Morgan fingerprint density at radius 2 is 1.00 bits per heavy atom. The van der Waals surface area contributed by atoms with Gasteiger partial charge in [0.1, 0.15) is 0 Å². The van der Waals surface area contributed by atoms with Gasteiger partial charge in [-0.2, -0.15) is 0 Å². The summed E-state index contributed by atoms with van der Waals surface area (Å²) in [6, 6.07) is 35.1. The van der Waals surface area contributed by atoms with Gasteiger partial charge in [-0.15, -0.1) is 0 Å². The highest BCUT2D eigenvalue weighted by molar-refractivity contribution is 6.26. The van der Waals surface area contributed by atoms with Crippen LogP contribution >= 0.6 is 0 Å². The number of hydrogen-bond donors (Lipinski definition) is 0. The van der Waals surface area contributed by atoms with E-state index in [1.165, 1.54) is 93.2 Å². The summed E-state index contributed by atoms with van der Waals surface area (Å²) in [7, 11) is 0. The lowest BCUT2D eigenvalue weighted by Gasteiger charge is -2.24. The van der Waals surface area contributed by atoms with Crippen molar-refractivity contribution in [1.29, 1.82) is 0 Å². The molecule has 0 amide bonds. The fourth-order valence-electron chi connectivity index (χ4n) is 8.29. The summed E-state index contributed by atoms with van der Waals surface area (Å²) in [5, 5.41) is 11.0. The van der Waals surface area contributed by atoms with Gasteiger partial charge in [0.15, 0.2) is 0 Å². The molecule has 7 aromatic carbocycles. The topological polar surface area (TPSA) is 0 Å². The molecular formula is C39H30. The van der Waals surface area contributed by atoms with E-state index in [1.807, 2.05) is 0 Å². The van der Waals surface area contributed by atoms with Crippen LogP contribution in [-0.2, 0) is 10.8 Å². The summed E-state index contributed by atoms with van der Waals surface area (Å²) in [5.74, 6) is 0. The molecule has 9 rings (SSSR count). The fourth-order valence-corrected chi connectivity index (χ4v) is 8.29. The standard InChI is InChI=1S/C39H30/c1-21-8-6-9-22-15-17-29-37(33(21)22)28-20-30-27(19-31(28)38(29,2)3)36-26-16-14-24-11-7-10-23-12-13-25(35(26)34(23)24)18-32(36)39(30,4)5/h6-20H,1-5H3. The zero-order chi connectivity index (χ0) is 26.4. The fraction of sp³-hybridized carbons (Fsp3) is 0.179. The number of hydrogen-bond acceptors (Lipinski definition) is 0. The molecule has 0 heterocycles. The van der Waals surface area contributed by atoms with Gasteiger partial charge in [0, 0.05) is 10.8 Å². The molecule has 0 fully saturated rings. The van der Waals surface area contributed by atoms with Crippen molar-refractivity contribution in [3.05, 3.63) is 119 Å². The summed E-state index contributed by atoms with van der Waals surface area (Å²) < 4.78 is 0. The molecule has 0 radical (unpaired) electrons. The van der Waals surface area contributed by atoms with E-state index in [0.29, 0.717) is 0 Å². The Labute approximate surface area is 229 Å². The molecule has 0 nitrogen and oxygen atoms in total.